The van der Waals surface area contributed by atoms with Crippen molar-refractivity contribution in [3.8, 4) is 22.6 Å². The maximum absolute atomic E-state index is 11.4. The molecule has 0 fully saturated rings. The van der Waals surface area contributed by atoms with Crippen molar-refractivity contribution in [2.24, 2.45) is 0 Å². The molecule has 3 rings (SSSR count). The first-order valence-electron chi connectivity index (χ1n) is 13.5. The molecule has 0 spiro atoms. The van der Waals surface area contributed by atoms with Gasteiger partial charge in [-0.2, -0.15) is 0 Å². The molecule has 0 aliphatic rings. The van der Waals surface area contributed by atoms with Gasteiger partial charge in [0, 0.05) is 12.5 Å². The van der Waals surface area contributed by atoms with Gasteiger partial charge >= 0.3 is 11.9 Å². The first-order chi connectivity index (χ1) is 20.0. The van der Waals surface area contributed by atoms with E-state index in [1.807, 2.05) is 48.5 Å². The third kappa shape index (κ3) is 11.2. The van der Waals surface area contributed by atoms with E-state index in [1.165, 1.54) is 0 Å². The molecule has 0 saturated carbocycles. The molecule has 3 aromatic carbocycles. The number of aliphatic hydroxyl groups is 1. The second kappa shape index (κ2) is 17.2. The van der Waals surface area contributed by atoms with E-state index in [2.05, 4.69) is 49.6 Å². The zero-order valence-corrected chi connectivity index (χ0v) is 23.1. The second-order valence-corrected chi connectivity index (χ2v) is 9.08. The lowest BCUT2D eigenvalue weighted by atomic mass is 10.0. The fourth-order valence-corrected chi connectivity index (χ4v) is 3.60. The number of benzene rings is 3. The summed E-state index contributed by atoms with van der Waals surface area (Å²) >= 11 is 0. The SMILES string of the molecule is C=CC(=O)OCCCOc1ccc(/C=C/c2ccc(-c3ccc(OCCCCOC(=O)C(=C)CO)cc3)cc2)cc1. The maximum Gasteiger partial charge on any atom is 0.335 e. The molecule has 3 aromatic rings. The Balaban J connectivity index is 1.38. The Morgan fingerprint density at radius 1 is 0.659 bits per heavy atom. The molecule has 0 saturated heterocycles. The Morgan fingerprint density at radius 3 is 1.68 bits per heavy atom. The number of unbranched alkanes of at least 4 members (excludes halogenated alkanes) is 1. The molecule has 41 heavy (non-hydrogen) atoms. The number of esters is 2. The molecule has 0 aliphatic carbocycles. The molecule has 0 heterocycles. The van der Waals surface area contributed by atoms with Gasteiger partial charge in [-0.15, -0.1) is 0 Å². The Bertz CT molecular complexity index is 1290. The third-order valence-corrected chi connectivity index (χ3v) is 5.94. The molecular weight excluding hydrogens is 520 g/mol. The van der Waals surface area contributed by atoms with E-state index >= 15 is 0 Å². The van der Waals surface area contributed by atoms with E-state index in [4.69, 9.17) is 24.1 Å². The van der Waals surface area contributed by atoms with Crippen molar-refractivity contribution >= 4 is 24.1 Å². The molecule has 0 aliphatic heterocycles. The third-order valence-electron chi connectivity index (χ3n) is 5.94. The Hall–Kier alpha value is -4.62. The number of carbonyl (C=O) groups is 2. The van der Waals surface area contributed by atoms with Crippen LogP contribution in [0.5, 0.6) is 11.5 Å². The van der Waals surface area contributed by atoms with E-state index in [-0.39, 0.29) is 12.2 Å². The van der Waals surface area contributed by atoms with Gasteiger partial charge in [-0.1, -0.05) is 73.8 Å². The minimum atomic E-state index is -0.565. The van der Waals surface area contributed by atoms with Gasteiger partial charge in [0.2, 0.25) is 0 Å². The fourth-order valence-electron chi connectivity index (χ4n) is 3.60. The minimum absolute atomic E-state index is 0.0564. The van der Waals surface area contributed by atoms with Crippen molar-refractivity contribution in [2.75, 3.05) is 33.0 Å². The lowest BCUT2D eigenvalue weighted by Crippen LogP contribution is -2.11. The average Bonchev–Trinajstić information content (AvgIpc) is 3.02. The number of carbonyl (C=O) groups excluding carboxylic acids is 2. The second-order valence-electron chi connectivity index (χ2n) is 9.08. The van der Waals surface area contributed by atoms with Gasteiger partial charge in [-0.05, 0) is 59.4 Å². The van der Waals surface area contributed by atoms with Crippen molar-refractivity contribution in [3.63, 3.8) is 0 Å². The number of hydrogen-bond donors (Lipinski definition) is 1. The molecule has 7 heteroatoms. The zero-order valence-electron chi connectivity index (χ0n) is 23.1. The summed E-state index contributed by atoms with van der Waals surface area (Å²) in [7, 11) is 0. The van der Waals surface area contributed by atoms with Crippen LogP contribution in [0.2, 0.25) is 0 Å². The molecular formula is C34H36O7. The highest BCUT2D eigenvalue weighted by Gasteiger charge is 2.06. The lowest BCUT2D eigenvalue weighted by Gasteiger charge is -2.08. The Labute approximate surface area is 241 Å². The molecule has 0 radical (unpaired) electrons. The van der Waals surface area contributed by atoms with Crippen LogP contribution in [0.4, 0.5) is 0 Å². The van der Waals surface area contributed by atoms with Gasteiger partial charge in [0.25, 0.3) is 0 Å². The molecule has 0 atom stereocenters. The summed E-state index contributed by atoms with van der Waals surface area (Å²) in [4.78, 5) is 22.4. The Kier molecular flexibility index (Phi) is 12.9. The van der Waals surface area contributed by atoms with Crippen LogP contribution in [-0.4, -0.2) is 50.1 Å². The number of rotatable bonds is 17. The topological polar surface area (TPSA) is 91.3 Å². The molecule has 0 aromatic heterocycles. The minimum Gasteiger partial charge on any atom is -0.494 e. The summed E-state index contributed by atoms with van der Waals surface area (Å²) in [5, 5.41) is 8.85. The van der Waals surface area contributed by atoms with Crippen LogP contribution < -0.4 is 9.47 Å². The van der Waals surface area contributed by atoms with Gasteiger partial charge in [-0.25, -0.2) is 9.59 Å². The van der Waals surface area contributed by atoms with Crippen LogP contribution in [0, 0.1) is 0 Å². The van der Waals surface area contributed by atoms with E-state index < -0.39 is 18.5 Å². The van der Waals surface area contributed by atoms with Crippen molar-refractivity contribution in [1.29, 1.82) is 0 Å². The Morgan fingerprint density at radius 2 is 1.12 bits per heavy atom. The first kappa shape index (κ1) is 30.9. The highest BCUT2D eigenvalue weighted by atomic mass is 16.5. The van der Waals surface area contributed by atoms with Gasteiger partial charge < -0.3 is 24.1 Å². The summed E-state index contributed by atoms with van der Waals surface area (Å²) in [6, 6.07) is 24.1. The van der Waals surface area contributed by atoms with Crippen LogP contribution >= 0.6 is 0 Å². The zero-order chi connectivity index (χ0) is 29.3. The van der Waals surface area contributed by atoms with E-state index in [1.54, 1.807) is 0 Å². The molecule has 1 N–H and O–H groups in total. The van der Waals surface area contributed by atoms with Gasteiger partial charge in [0.15, 0.2) is 0 Å². The van der Waals surface area contributed by atoms with Crippen LogP contribution in [0.15, 0.2) is 97.6 Å². The summed E-state index contributed by atoms with van der Waals surface area (Å²) in [6.45, 7) is 7.95. The summed E-state index contributed by atoms with van der Waals surface area (Å²) < 4.78 is 21.4. The molecule has 7 nitrogen and oxygen atoms in total. The van der Waals surface area contributed by atoms with Crippen molar-refractivity contribution in [3.05, 3.63) is 109 Å². The molecule has 0 amide bonds. The normalized spacial score (nSPS) is 10.7. The lowest BCUT2D eigenvalue weighted by molar-refractivity contribution is -0.140. The van der Waals surface area contributed by atoms with Crippen LogP contribution in [-0.2, 0) is 19.1 Å². The summed E-state index contributed by atoms with van der Waals surface area (Å²) in [6.07, 6.45) is 7.28. The fraction of sp³-hybridized carbons (Fsp3) is 0.235. The van der Waals surface area contributed by atoms with Crippen molar-refractivity contribution < 1.29 is 33.6 Å². The quantitative estimate of drug-likeness (QED) is 0.0907. The number of aliphatic hydroxyl groups excluding tert-OH is 1. The predicted molar refractivity (Wildman–Crippen MR) is 160 cm³/mol. The summed E-state index contributed by atoms with van der Waals surface area (Å²) in [5.41, 5.74) is 4.42. The monoisotopic (exact) mass is 556 g/mol. The van der Waals surface area contributed by atoms with Crippen LogP contribution in [0.1, 0.15) is 30.4 Å². The van der Waals surface area contributed by atoms with Gasteiger partial charge in [0.05, 0.1) is 38.6 Å². The van der Waals surface area contributed by atoms with E-state index in [0.29, 0.717) is 32.7 Å². The van der Waals surface area contributed by atoms with Crippen molar-refractivity contribution in [2.45, 2.75) is 19.3 Å². The first-order valence-corrected chi connectivity index (χ1v) is 13.5. The average molecular weight is 557 g/mol. The standard InChI is InChI=1S/C34H36O7/c1-3-33(36)40-24-6-23-39-31-17-11-28(12-18-31)8-7-27-9-13-29(14-10-27)30-15-19-32(20-16-30)38-21-4-5-22-41-34(37)26(2)25-35/h3,7-20,35H,1-2,4-6,21-25H2/b8-7+. The highest BCUT2D eigenvalue weighted by molar-refractivity contribution is 5.87. The smallest absolute Gasteiger partial charge is 0.335 e. The number of ether oxygens (including phenoxy) is 4. The molecule has 0 unspecified atom stereocenters. The maximum atomic E-state index is 11.4. The van der Waals surface area contributed by atoms with Crippen LogP contribution in [0.25, 0.3) is 23.3 Å². The highest BCUT2D eigenvalue weighted by Crippen LogP contribution is 2.24. The van der Waals surface area contributed by atoms with Crippen molar-refractivity contribution in [1.82, 2.24) is 0 Å². The van der Waals surface area contributed by atoms with E-state index in [9.17, 15) is 9.59 Å². The molecule has 214 valence electrons. The largest absolute Gasteiger partial charge is 0.494 e. The van der Waals surface area contributed by atoms with Crippen LogP contribution in [0.3, 0.4) is 0 Å². The number of hydrogen-bond acceptors (Lipinski definition) is 7. The van der Waals surface area contributed by atoms with Gasteiger partial charge in [0.1, 0.15) is 11.5 Å². The predicted octanol–water partition coefficient (Wildman–Crippen LogP) is 6.27. The molecule has 0 bridgehead atoms. The van der Waals surface area contributed by atoms with Gasteiger partial charge in [-0.3, -0.25) is 0 Å². The summed E-state index contributed by atoms with van der Waals surface area (Å²) in [5.74, 6) is 0.558. The van der Waals surface area contributed by atoms with E-state index in [0.717, 1.165) is 46.2 Å².